The third-order valence-electron chi connectivity index (χ3n) is 3.93. The molecule has 2 atom stereocenters. The lowest BCUT2D eigenvalue weighted by molar-refractivity contribution is 0.285. The zero-order valence-electron chi connectivity index (χ0n) is 10.7. The monoisotopic (exact) mass is 288 g/mol. The molecule has 1 N–H and O–H groups in total. The van der Waals surface area contributed by atoms with E-state index in [1.54, 1.807) is 18.2 Å². The van der Waals surface area contributed by atoms with Crippen LogP contribution in [-0.2, 0) is 11.0 Å². The summed E-state index contributed by atoms with van der Waals surface area (Å²) in [6, 6.07) is 13.0. The topological polar surface area (TPSA) is 55.8 Å². The van der Waals surface area contributed by atoms with Crippen LogP contribution in [0.1, 0.15) is 29.0 Å². The molecule has 0 spiro atoms. The molecule has 0 saturated carbocycles. The number of fused-ring (bicyclic) bond motifs is 2. The number of benzene rings is 2. The Labute approximate surface area is 116 Å². The van der Waals surface area contributed by atoms with Crippen LogP contribution in [-0.4, -0.2) is 4.89 Å². The van der Waals surface area contributed by atoms with Gasteiger partial charge in [0.05, 0.1) is 0 Å². The van der Waals surface area contributed by atoms with Gasteiger partial charge in [-0.05, 0) is 30.5 Å². The molecule has 0 amide bonds. The molecule has 1 aliphatic heterocycles. The average Bonchev–Trinajstić information content (AvgIpc) is 2.82. The van der Waals surface area contributed by atoms with Gasteiger partial charge in [-0.2, -0.15) is 0 Å². The van der Waals surface area contributed by atoms with Gasteiger partial charge in [0.25, 0.3) is 0 Å². The number of para-hydroxylation sites is 1. The predicted molar refractivity (Wildman–Crippen MR) is 74.1 cm³/mol. The highest BCUT2D eigenvalue weighted by molar-refractivity contribution is 7.48. The Hall–Kier alpha value is -1.77. The molecule has 2 aliphatic rings. The Morgan fingerprint density at radius 3 is 2.70 bits per heavy atom. The summed E-state index contributed by atoms with van der Waals surface area (Å²) in [5, 5.41) is 0. The van der Waals surface area contributed by atoms with Crippen molar-refractivity contribution in [3.05, 3.63) is 59.2 Å². The molecule has 0 aromatic heterocycles. The number of phosphoric acid groups is 1. The van der Waals surface area contributed by atoms with E-state index >= 15 is 0 Å². The summed E-state index contributed by atoms with van der Waals surface area (Å²) in [5.74, 6) is 1.06. The Morgan fingerprint density at radius 2 is 1.80 bits per heavy atom. The van der Waals surface area contributed by atoms with Crippen LogP contribution in [0.25, 0.3) is 0 Å². The fraction of sp³-hybridized carbons (Fsp3) is 0.200. The Morgan fingerprint density at radius 1 is 1.05 bits per heavy atom. The minimum atomic E-state index is -4.14. The molecule has 0 bridgehead atoms. The highest BCUT2D eigenvalue weighted by Crippen LogP contribution is 2.55. The largest absolute Gasteiger partial charge is 0.584 e. The van der Waals surface area contributed by atoms with Crippen molar-refractivity contribution in [2.24, 2.45) is 0 Å². The number of hydrogen-bond donors (Lipinski definition) is 1. The van der Waals surface area contributed by atoms with E-state index in [9.17, 15) is 9.46 Å². The minimum absolute atomic E-state index is 0.165. The molecular formula is C15H13O4P. The van der Waals surface area contributed by atoms with Gasteiger partial charge in [0.1, 0.15) is 11.5 Å². The molecule has 102 valence electrons. The molecule has 1 heterocycles. The molecule has 5 heteroatoms. The molecule has 1 aliphatic carbocycles. The molecule has 2 aromatic carbocycles. The molecule has 20 heavy (non-hydrogen) atoms. The van der Waals surface area contributed by atoms with E-state index in [0.717, 1.165) is 24.0 Å². The SMILES string of the molecule is O=P1(O)Oc2ccccc2[C@@H]2CCc3cccc(c32)O1. The quantitative estimate of drug-likeness (QED) is 0.752. The maximum atomic E-state index is 12.1. The number of aryl methyl sites for hydroxylation is 1. The van der Waals surface area contributed by atoms with E-state index in [2.05, 4.69) is 6.07 Å². The summed E-state index contributed by atoms with van der Waals surface area (Å²) in [7, 11) is -4.14. The molecule has 4 rings (SSSR count). The Balaban J connectivity index is 2.01. The summed E-state index contributed by atoms with van der Waals surface area (Å²) < 4.78 is 22.6. The summed E-state index contributed by atoms with van der Waals surface area (Å²) in [6.45, 7) is 0. The first-order chi connectivity index (χ1) is 9.64. The first-order valence-electron chi connectivity index (χ1n) is 6.57. The maximum Gasteiger partial charge on any atom is 0.584 e. The number of hydrogen-bond acceptors (Lipinski definition) is 3. The summed E-state index contributed by atoms with van der Waals surface area (Å²) in [6.07, 6.45) is 1.91. The molecule has 0 saturated heterocycles. The van der Waals surface area contributed by atoms with Crippen LogP contribution in [0.4, 0.5) is 0 Å². The van der Waals surface area contributed by atoms with Crippen molar-refractivity contribution in [1.82, 2.24) is 0 Å². The van der Waals surface area contributed by atoms with E-state index in [1.807, 2.05) is 18.2 Å². The molecule has 2 aromatic rings. The maximum absolute atomic E-state index is 12.1. The van der Waals surface area contributed by atoms with Gasteiger partial charge in [-0.25, -0.2) is 4.57 Å². The van der Waals surface area contributed by atoms with Gasteiger partial charge in [0.2, 0.25) is 0 Å². The Kier molecular flexibility index (Phi) is 2.47. The molecule has 1 unspecified atom stereocenters. The first kappa shape index (κ1) is 12.0. The second-order valence-electron chi connectivity index (χ2n) is 5.11. The van der Waals surface area contributed by atoms with Crippen molar-refractivity contribution in [2.45, 2.75) is 18.8 Å². The van der Waals surface area contributed by atoms with E-state index in [1.165, 1.54) is 5.56 Å². The van der Waals surface area contributed by atoms with Gasteiger partial charge in [0, 0.05) is 17.0 Å². The summed E-state index contributed by atoms with van der Waals surface area (Å²) in [5.41, 5.74) is 3.16. The lowest BCUT2D eigenvalue weighted by atomic mass is 9.91. The van der Waals surface area contributed by atoms with E-state index in [0.29, 0.717) is 11.5 Å². The van der Waals surface area contributed by atoms with E-state index < -0.39 is 7.82 Å². The van der Waals surface area contributed by atoms with Crippen LogP contribution >= 0.6 is 7.82 Å². The highest BCUT2D eigenvalue weighted by Gasteiger charge is 2.37. The van der Waals surface area contributed by atoms with Gasteiger partial charge in [-0.3, -0.25) is 4.89 Å². The molecule has 0 radical (unpaired) electrons. The van der Waals surface area contributed by atoms with Crippen LogP contribution in [0.5, 0.6) is 11.5 Å². The standard InChI is InChI=1S/C15H13O4P/c16-20(17)18-13-6-2-1-5-11(13)12-9-8-10-4-3-7-14(19-20)15(10)12/h1-7,12H,8-9H2,(H,16,17)/t12-/m0/s1. The molecule has 4 nitrogen and oxygen atoms in total. The van der Waals surface area contributed by atoms with Gasteiger partial charge in [0.15, 0.2) is 0 Å². The Bertz CT molecular complexity index is 740. The number of phosphoric ester groups is 1. The van der Waals surface area contributed by atoms with E-state index in [4.69, 9.17) is 9.05 Å². The van der Waals surface area contributed by atoms with Crippen molar-refractivity contribution in [3.63, 3.8) is 0 Å². The lowest BCUT2D eigenvalue weighted by Gasteiger charge is -2.25. The zero-order chi connectivity index (χ0) is 13.7. The van der Waals surface area contributed by atoms with Crippen molar-refractivity contribution in [1.29, 1.82) is 0 Å². The van der Waals surface area contributed by atoms with E-state index in [-0.39, 0.29) is 5.92 Å². The summed E-state index contributed by atoms with van der Waals surface area (Å²) >= 11 is 0. The van der Waals surface area contributed by atoms with Crippen molar-refractivity contribution in [2.75, 3.05) is 0 Å². The zero-order valence-corrected chi connectivity index (χ0v) is 11.5. The molecule has 0 fully saturated rings. The number of rotatable bonds is 0. The minimum Gasteiger partial charge on any atom is -0.395 e. The third-order valence-corrected chi connectivity index (χ3v) is 4.78. The first-order valence-corrected chi connectivity index (χ1v) is 8.06. The smallest absolute Gasteiger partial charge is 0.395 e. The van der Waals surface area contributed by atoms with Gasteiger partial charge < -0.3 is 9.05 Å². The van der Waals surface area contributed by atoms with Gasteiger partial charge in [-0.15, -0.1) is 0 Å². The third kappa shape index (κ3) is 1.76. The van der Waals surface area contributed by atoms with Crippen molar-refractivity contribution >= 4 is 7.82 Å². The van der Waals surface area contributed by atoms with Crippen molar-refractivity contribution < 1.29 is 18.5 Å². The van der Waals surface area contributed by atoms with Crippen LogP contribution in [0.15, 0.2) is 42.5 Å². The van der Waals surface area contributed by atoms with Crippen LogP contribution in [0.2, 0.25) is 0 Å². The van der Waals surface area contributed by atoms with Crippen LogP contribution in [0, 0.1) is 0 Å². The summed E-state index contributed by atoms with van der Waals surface area (Å²) in [4.78, 5) is 9.88. The van der Waals surface area contributed by atoms with Gasteiger partial charge in [-0.1, -0.05) is 30.3 Å². The fourth-order valence-electron chi connectivity index (χ4n) is 3.16. The van der Waals surface area contributed by atoms with Crippen molar-refractivity contribution in [3.8, 4) is 11.5 Å². The lowest BCUT2D eigenvalue weighted by Crippen LogP contribution is -2.09. The second kappa shape index (κ2) is 4.11. The van der Waals surface area contributed by atoms with Crippen LogP contribution in [0.3, 0.4) is 0 Å². The highest BCUT2D eigenvalue weighted by atomic mass is 31.2. The van der Waals surface area contributed by atoms with Gasteiger partial charge >= 0.3 is 7.82 Å². The predicted octanol–water partition coefficient (Wildman–Crippen LogP) is 3.64. The second-order valence-corrected chi connectivity index (χ2v) is 6.41. The fourth-order valence-corrected chi connectivity index (χ4v) is 4.02. The normalized spacial score (nSPS) is 26.6. The average molecular weight is 288 g/mol. The van der Waals surface area contributed by atoms with Crippen LogP contribution < -0.4 is 9.05 Å². The molecular weight excluding hydrogens is 275 g/mol.